The topological polar surface area (TPSA) is 64.4 Å². The molecule has 0 aromatic heterocycles. The summed E-state index contributed by atoms with van der Waals surface area (Å²) in [5, 5.41) is 11.9. The molecule has 4 unspecified atom stereocenters. The van der Waals surface area contributed by atoms with Gasteiger partial charge in [0.05, 0.1) is 12.1 Å². The molecule has 3 amide bonds. The van der Waals surface area contributed by atoms with E-state index in [0.29, 0.717) is 16.5 Å². The standard InChI is InChI=1S/C25H25Cl2N3O2/c1-24(2,3)13-19-25(14-28,16-8-10-17(26)11-9-16)20(15-6-5-7-18(27)12-15)21-22(31)29(4)23(32)30(19)21/h5-12,19-21H,13H2,1-4H3. The van der Waals surface area contributed by atoms with E-state index in [0.717, 1.165) is 11.1 Å². The van der Waals surface area contributed by atoms with Gasteiger partial charge in [0.1, 0.15) is 11.5 Å². The van der Waals surface area contributed by atoms with Crippen molar-refractivity contribution >= 4 is 35.1 Å². The van der Waals surface area contributed by atoms with Crippen LogP contribution in [0.1, 0.15) is 44.2 Å². The zero-order chi connectivity index (χ0) is 23.4. The third-order valence-electron chi connectivity index (χ3n) is 6.58. The van der Waals surface area contributed by atoms with E-state index in [2.05, 4.69) is 26.8 Å². The van der Waals surface area contributed by atoms with E-state index < -0.39 is 23.4 Å². The number of nitriles is 1. The van der Waals surface area contributed by atoms with Crippen LogP contribution in [-0.2, 0) is 10.2 Å². The van der Waals surface area contributed by atoms with Gasteiger partial charge in [-0.25, -0.2) is 4.79 Å². The monoisotopic (exact) mass is 469 g/mol. The average molecular weight is 470 g/mol. The van der Waals surface area contributed by atoms with Crippen molar-refractivity contribution in [3.8, 4) is 6.07 Å². The first-order chi connectivity index (χ1) is 15.0. The van der Waals surface area contributed by atoms with Crippen LogP contribution in [0, 0.1) is 16.7 Å². The van der Waals surface area contributed by atoms with Crippen molar-refractivity contribution in [2.75, 3.05) is 7.05 Å². The Kier molecular flexibility index (Phi) is 5.51. The molecule has 166 valence electrons. The van der Waals surface area contributed by atoms with Crippen LogP contribution < -0.4 is 0 Å². The van der Waals surface area contributed by atoms with E-state index in [9.17, 15) is 14.9 Å². The molecule has 5 nitrogen and oxygen atoms in total. The van der Waals surface area contributed by atoms with Crippen molar-refractivity contribution in [1.82, 2.24) is 9.80 Å². The van der Waals surface area contributed by atoms with Crippen molar-refractivity contribution in [1.29, 1.82) is 5.26 Å². The lowest BCUT2D eigenvalue weighted by molar-refractivity contribution is -0.127. The minimum atomic E-state index is -1.15. The van der Waals surface area contributed by atoms with Crippen LogP contribution in [0.4, 0.5) is 4.79 Å². The molecule has 4 atom stereocenters. The number of rotatable bonds is 3. The number of carbonyl (C=O) groups is 2. The Hall–Kier alpha value is -2.55. The molecule has 4 rings (SSSR count). The number of hydrogen-bond donors (Lipinski definition) is 0. The summed E-state index contributed by atoms with van der Waals surface area (Å²) in [4.78, 5) is 29.5. The summed E-state index contributed by atoms with van der Waals surface area (Å²) in [6.07, 6.45) is 0.545. The second kappa shape index (κ2) is 7.79. The maximum Gasteiger partial charge on any atom is 0.327 e. The number of fused-ring (bicyclic) bond motifs is 1. The highest BCUT2D eigenvalue weighted by Gasteiger charge is 2.68. The second-order valence-electron chi connectivity index (χ2n) is 9.83. The molecule has 2 aliphatic rings. The van der Waals surface area contributed by atoms with E-state index in [1.54, 1.807) is 29.2 Å². The summed E-state index contributed by atoms with van der Waals surface area (Å²) >= 11 is 12.5. The highest BCUT2D eigenvalue weighted by atomic mass is 35.5. The molecule has 0 saturated carbocycles. The summed E-state index contributed by atoms with van der Waals surface area (Å²) in [6, 6.07) is 15.3. The summed E-state index contributed by atoms with van der Waals surface area (Å²) in [5.41, 5.74) is 0.148. The molecule has 7 heteroatoms. The average Bonchev–Trinajstić information content (AvgIpc) is 3.13. The smallest absolute Gasteiger partial charge is 0.307 e. The van der Waals surface area contributed by atoms with Gasteiger partial charge in [-0.05, 0) is 47.2 Å². The fourth-order valence-corrected chi connectivity index (χ4v) is 5.63. The second-order valence-corrected chi connectivity index (χ2v) is 10.7. The van der Waals surface area contributed by atoms with Gasteiger partial charge in [0, 0.05) is 23.0 Å². The van der Waals surface area contributed by atoms with Gasteiger partial charge in [-0.1, -0.05) is 68.2 Å². The fraction of sp³-hybridized carbons (Fsp3) is 0.400. The molecule has 2 aromatic rings. The minimum Gasteiger partial charge on any atom is -0.307 e. The molecule has 0 aliphatic carbocycles. The quantitative estimate of drug-likeness (QED) is 0.547. The summed E-state index contributed by atoms with van der Waals surface area (Å²) in [5.74, 6) is -0.883. The largest absolute Gasteiger partial charge is 0.327 e. The van der Waals surface area contributed by atoms with Crippen LogP contribution >= 0.6 is 23.2 Å². The third kappa shape index (κ3) is 3.37. The molecule has 0 spiro atoms. The number of likely N-dealkylation sites (N-methyl/N-ethyl adjacent to an activating group) is 1. The van der Waals surface area contributed by atoms with Gasteiger partial charge in [0.25, 0.3) is 5.91 Å². The van der Waals surface area contributed by atoms with Crippen molar-refractivity contribution in [3.63, 3.8) is 0 Å². The van der Waals surface area contributed by atoms with Crippen molar-refractivity contribution < 1.29 is 9.59 Å². The molecule has 32 heavy (non-hydrogen) atoms. The van der Waals surface area contributed by atoms with E-state index in [1.165, 1.54) is 11.9 Å². The Labute approximate surface area is 198 Å². The molecule has 2 fully saturated rings. The molecule has 0 N–H and O–H groups in total. The molecular weight excluding hydrogens is 445 g/mol. The highest BCUT2D eigenvalue weighted by Crippen LogP contribution is 2.57. The molecule has 0 bridgehead atoms. The Balaban J connectivity index is 2.05. The Morgan fingerprint density at radius 1 is 1.06 bits per heavy atom. The Morgan fingerprint density at radius 3 is 2.28 bits per heavy atom. The zero-order valence-electron chi connectivity index (χ0n) is 18.5. The molecule has 2 saturated heterocycles. The first kappa shape index (κ1) is 22.6. The normalized spacial score (nSPS) is 27.6. The molecule has 2 aromatic carbocycles. The lowest BCUT2D eigenvalue weighted by atomic mass is 9.63. The van der Waals surface area contributed by atoms with Crippen LogP contribution in [0.2, 0.25) is 10.0 Å². The first-order valence-electron chi connectivity index (χ1n) is 10.5. The van der Waals surface area contributed by atoms with Gasteiger partial charge in [0.15, 0.2) is 0 Å². The van der Waals surface area contributed by atoms with E-state index >= 15 is 0 Å². The van der Waals surface area contributed by atoms with Crippen molar-refractivity contribution in [2.45, 2.75) is 50.6 Å². The number of benzene rings is 2. The van der Waals surface area contributed by atoms with Gasteiger partial charge >= 0.3 is 6.03 Å². The summed E-state index contributed by atoms with van der Waals surface area (Å²) in [7, 11) is 1.50. The van der Waals surface area contributed by atoms with Gasteiger partial charge in [-0.2, -0.15) is 5.26 Å². The van der Waals surface area contributed by atoms with E-state index in [1.807, 2.05) is 24.3 Å². The predicted molar refractivity (Wildman–Crippen MR) is 125 cm³/mol. The van der Waals surface area contributed by atoms with Crippen molar-refractivity contribution in [3.05, 3.63) is 69.7 Å². The Morgan fingerprint density at radius 2 is 1.72 bits per heavy atom. The van der Waals surface area contributed by atoms with Gasteiger partial charge in [-0.3, -0.25) is 9.69 Å². The van der Waals surface area contributed by atoms with Crippen LogP contribution in [-0.4, -0.2) is 40.9 Å². The first-order valence-corrected chi connectivity index (χ1v) is 11.3. The fourth-order valence-electron chi connectivity index (χ4n) is 5.30. The van der Waals surface area contributed by atoms with Crippen LogP contribution in [0.25, 0.3) is 0 Å². The highest BCUT2D eigenvalue weighted by molar-refractivity contribution is 6.30. The van der Waals surface area contributed by atoms with Crippen molar-refractivity contribution in [2.24, 2.45) is 5.41 Å². The van der Waals surface area contributed by atoms with Gasteiger partial charge in [-0.15, -0.1) is 0 Å². The summed E-state index contributed by atoms with van der Waals surface area (Å²) < 4.78 is 0. The van der Waals surface area contributed by atoms with E-state index in [-0.39, 0.29) is 17.4 Å². The number of amides is 3. The summed E-state index contributed by atoms with van der Waals surface area (Å²) in [6.45, 7) is 6.22. The lowest BCUT2D eigenvalue weighted by Gasteiger charge is -2.39. The number of halogens is 2. The number of carbonyl (C=O) groups excluding carboxylic acids is 2. The number of hydrogen-bond acceptors (Lipinski definition) is 3. The van der Waals surface area contributed by atoms with E-state index in [4.69, 9.17) is 23.2 Å². The number of imide groups is 1. The maximum absolute atomic E-state index is 13.4. The minimum absolute atomic E-state index is 0.197. The molecule has 0 radical (unpaired) electrons. The zero-order valence-corrected chi connectivity index (χ0v) is 20.0. The third-order valence-corrected chi connectivity index (χ3v) is 7.07. The Bertz CT molecular complexity index is 1120. The molecule has 2 heterocycles. The van der Waals surface area contributed by atoms with Crippen LogP contribution in [0.5, 0.6) is 0 Å². The number of urea groups is 1. The molecule has 2 aliphatic heterocycles. The lowest BCUT2D eigenvalue weighted by Crippen LogP contribution is -2.48. The van der Waals surface area contributed by atoms with Gasteiger partial charge in [0.2, 0.25) is 0 Å². The predicted octanol–water partition coefficient (Wildman–Crippen LogP) is 5.62. The number of nitrogens with zero attached hydrogens (tertiary/aromatic N) is 3. The SMILES string of the molecule is CN1C(=O)C2C(c3cccc(Cl)c3)C(C#N)(c3ccc(Cl)cc3)C(CC(C)(C)C)N2C1=O. The van der Waals surface area contributed by atoms with Gasteiger partial charge < -0.3 is 4.90 Å². The van der Waals surface area contributed by atoms with Crippen LogP contribution in [0.15, 0.2) is 48.5 Å². The molecular formula is C25H25Cl2N3O2. The van der Waals surface area contributed by atoms with Crippen LogP contribution in [0.3, 0.4) is 0 Å². The maximum atomic E-state index is 13.4.